The Labute approximate surface area is 125 Å². The van der Waals surface area contributed by atoms with Crippen LogP contribution in [0.5, 0.6) is 5.75 Å². The lowest BCUT2D eigenvalue weighted by Crippen LogP contribution is -1.90. The molecule has 0 N–H and O–H groups in total. The lowest BCUT2D eigenvalue weighted by molar-refractivity contribution is 0.415. The van der Waals surface area contributed by atoms with E-state index in [-0.39, 0.29) is 0 Å². The summed E-state index contributed by atoms with van der Waals surface area (Å²) in [6.07, 6.45) is 2.25. The van der Waals surface area contributed by atoms with Gasteiger partial charge in [-0.2, -0.15) is 0 Å². The molecule has 2 rings (SSSR count). The van der Waals surface area contributed by atoms with E-state index in [9.17, 15) is 0 Å². The van der Waals surface area contributed by atoms with Gasteiger partial charge in [-0.25, -0.2) is 0 Å². The number of allylic oxidation sites excluding steroid dienone is 1. The molecule has 0 aliphatic carbocycles. The zero-order chi connectivity index (χ0) is 14.4. The minimum atomic E-state index is 0.502. The van der Waals surface area contributed by atoms with Crippen molar-refractivity contribution >= 4 is 17.8 Å². The third kappa shape index (κ3) is 4.17. The van der Waals surface area contributed by atoms with Crippen LogP contribution in [0.25, 0.3) is 6.08 Å². The molecule has 0 fully saturated rings. The molecule has 0 atom stereocenters. The van der Waals surface area contributed by atoms with Crippen LogP contribution in [0, 0.1) is 5.92 Å². The summed E-state index contributed by atoms with van der Waals surface area (Å²) in [5.41, 5.74) is 1.21. The monoisotopic (exact) mass is 284 g/mol. The topological polar surface area (TPSA) is 9.23 Å². The number of methoxy groups -OCH3 is 1. The predicted octanol–water partition coefficient (Wildman–Crippen LogP) is 5.48. The quantitative estimate of drug-likeness (QED) is 0.672. The minimum absolute atomic E-state index is 0.502. The maximum Gasteiger partial charge on any atom is 0.118 e. The van der Waals surface area contributed by atoms with E-state index in [1.807, 2.05) is 30.0 Å². The molecule has 0 saturated carbocycles. The second kappa shape index (κ2) is 7.20. The van der Waals surface area contributed by atoms with Gasteiger partial charge in [0.25, 0.3) is 0 Å². The molecule has 0 heterocycles. The summed E-state index contributed by atoms with van der Waals surface area (Å²) < 4.78 is 5.19. The molecule has 0 aliphatic heterocycles. The predicted molar refractivity (Wildman–Crippen MR) is 88.1 cm³/mol. The number of rotatable bonds is 5. The largest absolute Gasteiger partial charge is 0.497 e. The SMILES string of the molecule is COc1ccc(/C=C(/Sc2ccccc2)C(C)C)cc1. The molecular weight excluding hydrogens is 264 g/mol. The van der Waals surface area contributed by atoms with E-state index >= 15 is 0 Å². The molecule has 0 spiro atoms. The Kier molecular flexibility index (Phi) is 5.31. The van der Waals surface area contributed by atoms with E-state index in [0.717, 1.165) is 5.75 Å². The first-order valence-corrected chi connectivity index (χ1v) is 7.59. The second-order valence-electron chi connectivity index (χ2n) is 4.89. The van der Waals surface area contributed by atoms with Gasteiger partial charge in [-0.3, -0.25) is 0 Å². The Bertz CT molecular complexity index is 556. The van der Waals surface area contributed by atoms with Crippen LogP contribution in [0.2, 0.25) is 0 Å². The number of ether oxygens (including phenoxy) is 1. The van der Waals surface area contributed by atoms with Gasteiger partial charge >= 0.3 is 0 Å². The van der Waals surface area contributed by atoms with Gasteiger partial charge in [-0.15, -0.1) is 0 Å². The van der Waals surface area contributed by atoms with Crippen molar-refractivity contribution in [2.45, 2.75) is 18.7 Å². The van der Waals surface area contributed by atoms with Crippen molar-refractivity contribution in [3.63, 3.8) is 0 Å². The van der Waals surface area contributed by atoms with E-state index in [2.05, 4.69) is 56.3 Å². The minimum Gasteiger partial charge on any atom is -0.497 e. The lowest BCUT2D eigenvalue weighted by atomic mass is 10.1. The Morgan fingerprint density at radius 2 is 1.65 bits per heavy atom. The summed E-state index contributed by atoms with van der Waals surface area (Å²) in [6.45, 7) is 4.45. The van der Waals surface area contributed by atoms with Gasteiger partial charge in [0.2, 0.25) is 0 Å². The van der Waals surface area contributed by atoms with Gasteiger partial charge < -0.3 is 4.74 Å². The van der Waals surface area contributed by atoms with Crippen LogP contribution in [0.4, 0.5) is 0 Å². The third-order valence-electron chi connectivity index (χ3n) is 2.97. The fourth-order valence-corrected chi connectivity index (χ4v) is 2.80. The Balaban J connectivity index is 2.21. The summed E-state index contributed by atoms with van der Waals surface area (Å²) in [5, 5.41) is 0. The molecule has 0 radical (unpaired) electrons. The summed E-state index contributed by atoms with van der Waals surface area (Å²) in [6, 6.07) is 18.7. The molecule has 0 amide bonds. The molecule has 2 heteroatoms. The van der Waals surface area contributed by atoms with Crippen LogP contribution in [-0.4, -0.2) is 7.11 Å². The van der Waals surface area contributed by atoms with Crippen LogP contribution >= 0.6 is 11.8 Å². The fourth-order valence-electron chi connectivity index (χ4n) is 1.80. The Morgan fingerprint density at radius 1 is 1.00 bits per heavy atom. The van der Waals surface area contributed by atoms with E-state index in [1.54, 1.807) is 7.11 Å². The van der Waals surface area contributed by atoms with Crippen molar-refractivity contribution in [1.29, 1.82) is 0 Å². The highest BCUT2D eigenvalue weighted by atomic mass is 32.2. The first-order valence-electron chi connectivity index (χ1n) is 6.77. The molecule has 0 aromatic heterocycles. The zero-order valence-electron chi connectivity index (χ0n) is 12.2. The highest BCUT2D eigenvalue weighted by Crippen LogP contribution is 2.33. The van der Waals surface area contributed by atoms with Crippen molar-refractivity contribution in [3.8, 4) is 5.75 Å². The first kappa shape index (κ1) is 14.7. The summed E-state index contributed by atoms with van der Waals surface area (Å²) in [7, 11) is 1.69. The normalized spacial score (nSPS) is 11.7. The highest BCUT2D eigenvalue weighted by molar-refractivity contribution is 8.03. The zero-order valence-corrected chi connectivity index (χ0v) is 13.0. The number of benzene rings is 2. The van der Waals surface area contributed by atoms with Crippen LogP contribution in [0.1, 0.15) is 19.4 Å². The van der Waals surface area contributed by atoms with Crippen molar-refractivity contribution in [1.82, 2.24) is 0 Å². The standard InChI is InChI=1S/C18H20OS/c1-14(2)18(20-17-7-5-4-6-8-17)13-15-9-11-16(19-3)12-10-15/h4-14H,1-3H3/b18-13+. The van der Waals surface area contributed by atoms with Crippen molar-refractivity contribution in [3.05, 3.63) is 65.1 Å². The Hall–Kier alpha value is -1.67. The number of hydrogen-bond donors (Lipinski definition) is 0. The average molecular weight is 284 g/mol. The Morgan fingerprint density at radius 3 is 2.20 bits per heavy atom. The second-order valence-corrected chi connectivity index (χ2v) is 6.04. The van der Waals surface area contributed by atoms with Gasteiger partial charge in [0.15, 0.2) is 0 Å². The smallest absolute Gasteiger partial charge is 0.118 e. The average Bonchev–Trinajstić information content (AvgIpc) is 2.48. The molecule has 0 unspecified atom stereocenters. The van der Waals surface area contributed by atoms with Crippen LogP contribution < -0.4 is 4.74 Å². The first-order chi connectivity index (χ1) is 9.69. The fraction of sp³-hybridized carbons (Fsp3) is 0.222. The van der Waals surface area contributed by atoms with Gasteiger partial charge in [0, 0.05) is 4.90 Å². The van der Waals surface area contributed by atoms with Gasteiger partial charge in [0.1, 0.15) is 5.75 Å². The number of hydrogen-bond acceptors (Lipinski definition) is 2. The molecule has 2 aromatic rings. The molecule has 104 valence electrons. The molecule has 2 aromatic carbocycles. The van der Waals surface area contributed by atoms with Crippen LogP contribution in [0.15, 0.2) is 64.4 Å². The maximum atomic E-state index is 5.19. The third-order valence-corrected chi connectivity index (χ3v) is 4.31. The molecule has 1 nitrogen and oxygen atoms in total. The van der Waals surface area contributed by atoms with Gasteiger partial charge in [0.05, 0.1) is 7.11 Å². The van der Waals surface area contributed by atoms with Crippen molar-refractivity contribution in [2.24, 2.45) is 5.92 Å². The van der Waals surface area contributed by atoms with Crippen molar-refractivity contribution < 1.29 is 4.74 Å². The van der Waals surface area contributed by atoms with E-state index in [0.29, 0.717) is 5.92 Å². The van der Waals surface area contributed by atoms with E-state index in [4.69, 9.17) is 4.74 Å². The summed E-state index contributed by atoms with van der Waals surface area (Å²) in [5.74, 6) is 1.39. The van der Waals surface area contributed by atoms with Gasteiger partial charge in [-0.05, 0) is 46.7 Å². The summed E-state index contributed by atoms with van der Waals surface area (Å²) in [4.78, 5) is 2.64. The van der Waals surface area contributed by atoms with Gasteiger partial charge in [-0.1, -0.05) is 55.9 Å². The maximum absolute atomic E-state index is 5.19. The van der Waals surface area contributed by atoms with Crippen molar-refractivity contribution in [2.75, 3.05) is 7.11 Å². The van der Waals surface area contributed by atoms with E-state index in [1.165, 1.54) is 15.4 Å². The molecular formula is C18H20OS. The number of thioether (sulfide) groups is 1. The molecule has 0 bridgehead atoms. The molecule has 0 aliphatic rings. The van der Waals surface area contributed by atoms with Crippen LogP contribution in [-0.2, 0) is 0 Å². The summed E-state index contributed by atoms with van der Waals surface area (Å²) >= 11 is 1.83. The highest BCUT2D eigenvalue weighted by Gasteiger charge is 2.06. The van der Waals surface area contributed by atoms with Crippen LogP contribution in [0.3, 0.4) is 0 Å². The van der Waals surface area contributed by atoms with E-state index < -0.39 is 0 Å². The molecule has 0 saturated heterocycles. The lowest BCUT2D eigenvalue weighted by Gasteiger charge is -2.11. The molecule has 20 heavy (non-hydrogen) atoms.